The van der Waals surface area contributed by atoms with Crippen LogP contribution in [0.25, 0.3) is 0 Å². The SMILES string of the molecule is CCOC(=O)c1n[nH]c(CC2NCCNC2=O)n1. The molecular weight excluding hydrogens is 238 g/mol. The van der Waals surface area contributed by atoms with Gasteiger partial charge < -0.3 is 15.4 Å². The van der Waals surface area contributed by atoms with Gasteiger partial charge >= 0.3 is 5.97 Å². The fourth-order valence-electron chi connectivity index (χ4n) is 1.68. The molecular formula is C10H15N5O3. The first kappa shape index (κ1) is 12.5. The Morgan fingerprint density at radius 1 is 1.50 bits per heavy atom. The summed E-state index contributed by atoms with van der Waals surface area (Å²) in [5.41, 5.74) is 0. The Kier molecular flexibility index (Phi) is 3.88. The van der Waals surface area contributed by atoms with Crippen LogP contribution in [0.15, 0.2) is 0 Å². The van der Waals surface area contributed by atoms with Gasteiger partial charge in [-0.25, -0.2) is 9.78 Å². The number of amides is 1. The number of aromatic nitrogens is 3. The van der Waals surface area contributed by atoms with Crippen LogP contribution in [0.2, 0.25) is 0 Å². The van der Waals surface area contributed by atoms with E-state index in [2.05, 4.69) is 25.8 Å². The van der Waals surface area contributed by atoms with E-state index in [4.69, 9.17) is 4.74 Å². The third-order valence-corrected chi connectivity index (χ3v) is 2.52. The van der Waals surface area contributed by atoms with E-state index in [1.54, 1.807) is 6.92 Å². The van der Waals surface area contributed by atoms with Gasteiger partial charge in [0, 0.05) is 19.5 Å². The summed E-state index contributed by atoms with van der Waals surface area (Å²) in [5, 5.41) is 12.2. The highest BCUT2D eigenvalue weighted by atomic mass is 16.5. The predicted molar refractivity (Wildman–Crippen MR) is 60.8 cm³/mol. The minimum absolute atomic E-state index is 0.0110. The molecule has 0 spiro atoms. The first-order chi connectivity index (χ1) is 8.70. The minimum atomic E-state index is -0.568. The molecule has 2 rings (SSSR count). The summed E-state index contributed by atoms with van der Waals surface area (Å²) >= 11 is 0. The van der Waals surface area contributed by atoms with Crippen LogP contribution >= 0.6 is 0 Å². The maximum atomic E-state index is 11.5. The number of rotatable bonds is 4. The number of nitrogens with zero attached hydrogens (tertiary/aromatic N) is 2. The third kappa shape index (κ3) is 2.83. The van der Waals surface area contributed by atoms with Gasteiger partial charge in [0.15, 0.2) is 0 Å². The van der Waals surface area contributed by atoms with E-state index in [1.165, 1.54) is 0 Å². The van der Waals surface area contributed by atoms with Crippen LogP contribution in [0.5, 0.6) is 0 Å². The van der Waals surface area contributed by atoms with E-state index >= 15 is 0 Å². The molecule has 0 saturated carbocycles. The van der Waals surface area contributed by atoms with E-state index in [0.717, 1.165) is 6.54 Å². The lowest BCUT2D eigenvalue weighted by atomic mass is 10.1. The molecule has 1 unspecified atom stereocenters. The van der Waals surface area contributed by atoms with Crippen LogP contribution in [-0.4, -0.2) is 52.8 Å². The number of nitrogens with one attached hydrogen (secondary N) is 3. The highest BCUT2D eigenvalue weighted by Crippen LogP contribution is 2.01. The van der Waals surface area contributed by atoms with Crippen molar-refractivity contribution >= 4 is 11.9 Å². The molecule has 1 saturated heterocycles. The molecule has 1 aliphatic heterocycles. The number of piperazine rings is 1. The number of aromatic amines is 1. The van der Waals surface area contributed by atoms with Gasteiger partial charge in [-0.2, -0.15) is 0 Å². The quantitative estimate of drug-likeness (QED) is 0.570. The van der Waals surface area contributed by atoms with E-state index < -0.39 is 5.97 Å². The Hall–Kier alpha value is -1.96. The number of hydrogen-bond donors (Lipinski definition) is 3. The van der Waals surface area contributed by atoms with Crippen molar-refractivity contribution in [2.45, 2.75) is 19.4 Å². The van der Waals surface area contributed by atoms with Crippen molar-refractivity contribution in [3.8, 4) is 0 Å². The number of H-pyrrole nitrogens is 1. The van der Waals surface area contributed by atoms with Gasteiger partial charge in [0.25, 0.3) is 5.82 Å². The lowest BCUT2D eigenvalue weighted by Gasteiger charge is -2.22. The molecule has 0 aliphatic carbocycles. The zero-order valence-electron chi connectivity index (χ0n) is 10.0. The highest BCUT2D eigenvalue weighted by molar-refractivity contribution is 5.85. The fraction of sp³-hybridized carbons (Fsp3) is 0.600. The van der Waals surface area contributed by atoms with Gasteiger partial charge in [0.05, 0.1) is 12.6 Å². The Labute approximate surface area is 103 Å². The summed E-state index contributed by atoms with van der Waals surface area (Å²) in [5.74, 6) is -0.174. The Morgan fingerprint density at radius 2 is 2.33 bits per heavy atom. The van der Waals surface area contributed by atoms with E-state index in [1.807, 2.05) is 0 Å². The normalized spacial score (nSPS) is 19.4. The van der Waals surface area contributed by atoms with Crippen molar-refractivity contribution in [3.05, 3.63) is 11.6 Å². The Morgan fingerprint density at radius 3 is 3.06 bits per heavy atom. The first-order valence-electron chi connectivity index (χ1n) is 5.80. The summed E-state index contributed by atoms with van der Waals surface area (Å²) in [6.45, 7) is 3.33. The summed E-state index contributed by atoms with van der Waals surface area (Å²) in [4.78, 5) is 26.9. The summed E-state index contributed by atoms with van der Waals surface area (Å²) < 4.78 is 4.77. The molecule has 1 aliphatic rings. The van der Waals surface area contributed by atoms with Crippen LogP contribution in [-0.2, 0) is 16.0 Å². The van der Waals surface area contributed by atoms with Crippen molar-refractivity contribution in [1.29, 1.82) is 0 Å². The van der Waals surface area contributed by atoms with Crippen molar-refractivity contribution < 1.29 is 14.3 Å². The van der Waals surface area contributed by atoms with Crippen LogP contribution in [0.4, 0.5) is 0 Å². The van der Waals surface area contributed by atoms with Crippen LogP contribution < -0.4 is 10.6 Å². The molecule has 18 heavy (non-hydrogen) atoms. The minimum Gasteiger partial charge on any atom is -0.460 e. The summed E-state index contributed by atoms with van der Waals surface area (Å²) in [7, 11) is 0. The Balaban J connectivity index is 1.97. The molecule has 1 aromatic heterocycles. The van der Waals surface area contributed by atoms with Gasteiger partial charge in [-0.05, 0) is 6.92 Å². The number of ether oxygens (including phenoxy) is 1. The number of hydrogen-bond acceptors (Lipinski definition) is 6. The standard InChI is InChI=1S/C10H15N5O3/c1-2-18-10(17)8-13-7(14-15-8)5-6-9(16)12-4-3-11-6/h6,11H,2-5H2,1H3,(H,12,16)(H,13,14,15). The van der Waals surface area contributed by atoms with Crippen LogP contribution in [0.3, 0.4) is 0 Å². The van der Waals surface area contributed by atoms with E-state index in [0.29, 0.717) is 18.8 Å². The molecule has 1 fully saturated rings. The number of esters is 1. The zero-order chi connectivity index (χ0) is 13.0. The monoisotopic (exact) mass is 253 g/mol. The zero-order valence-corrected chi connectivity index (χ0v) is 10.0. The van der Waals surface area contributed by atoms with Gasteiger partial charge in [-0.3, -0.25) is 9.89 Å². The molecule has 8 nitrogen and oxygen atoms in total. The largest absolute Gasteiger partial charge is 0.460 e. The lowest BCUT2D eigenvalue weighted by molar-refractivity contribution is -0.124. The van der Waals surface area contributed by atoms with Crippen LogP contribution in [0.1, 0.15) is 23.4 Å². The lowest BCUT2D eigenvalue weighted by Crippen LogP contribution is -2.53. The average molecular weight is 253 g/mol. The van der Waals surface area contributed by atoms with Crippen molar-refractivity contribution in [3.63, 3.8) is 0 Å². The summed E-state index contributed by atoms with van der Waals surface area (Å²) in [6.07, 6.45) is 0.359. The number of carbonyl (C=O) groups excluding carboxylic acids is 2. The van der Waals surface area contributed by atoms with Gasteiger partial charge in [-0.15, -0.1) is 5.10 Å². The highest BCUT2D eigenvalue weighted by Gasteiger charge is 2.23. The van der Waals surface area contributed by atoms with E-state index in [-0.39, 0.29) is 24.4 Å². The predicted octanol–water partition coefficient (Wildman–Crippen LogP) is -1.39. The van der Waals surface area contributed by atoms with Gasteiger partial charge in [-0.1, -0.05) is 0 Å². The van der Waals surface area contributed by atoms with Gasteiger partial charge in [0.2, 0.25) is 5.91 Å². The molecule has 1 atom stereocenters. The second-order valence-electron chi connectivity index (χ2n) is 3.83. The molecule has 3 N–H and O–H groups in total. The van der Waals surface area contributed by atoms with Crippen molar-refractivity contribution in [1.82, 2.24) is 25.8 Å². The average Bonchev–Trinajstić information content (AvgIpc) is 2.81. The Bertz CT molecular complexity index is 444. The molecule has 2 heterocycles. The summed E-state index contributed by atoms with van der Waals surface area (Å²) in [6, 6.07) is -0.346. The third-order valence-electron chi connectivity index (χ3n) is 2.52. The van der Waals surface area contributed by atoms with Gasteiger partial charge in [0.1, 0.15) is 5.82 Å². The smallest absolute Gasteiger partial charge is 0.378 e. The number of carbonyl (C=O) groups is 2. The molecule has 0 radical (unpaired) electrons. The van der Waals surface area contributed by atoms with Crippen molar-refractivity contribution in [2.75, 3.05) is 19.7 Å². The van der Waals surface area contributed by atoms with E-state index in [9.17, 15) is 9.59 Å². The molecule has 0 aromatic carbocycles. The van der Waals surface area contributed by atoms with Crippen LogP contribution in [0, 0.1) is 0 Å². The maximum absolute atomic E-state index is 11.5. The molecule has 0 bridgehead atoms. The second-order valence-corrected chi connectivity index (χ2v) is 3.83. The van der Waals surface area contributed by atoms with Crippen molar-refractivity contribution in [2.24, 2.45) is 0 Å². The second kappa shape index (κ2) is 5.58. The first-order valence-corrected chi connectivity index (χ1v) is 5.80. The maximum Gasteiger partial charge on any atom is 0.378 e. The molecule has 8 heteroatoms. The molecule has 1 aromatic rings. The fourth-order valence-corrected chi connectivity index (χ4v) is 1.68. The molecule has 1 amide bonds. The topological polar surface area (TPSA) is 109 Å². The molecule has 98 valence electrons.